The molecule has 0 aromatic heterocycles. The first-order valence-corrected chi connectivity index (χ1v) is 5.02. The molecule has 1 atom stereocenters. The second-order valence-electron chi connectivity index (χ2n) is 3.90. The third-order valence-corrected chi connectivity index (χ3v) is 2.98. The molecule has 0 radical (unpaired) electrons. The standard InChI is InChI=1S/C11H11NO3/c13-11(14)9-6-12-5-4-7-2-1-3-8(15-9)10(7)12/h1-3,9H,4-6H2,(H,13,14). The molecule has 0 bridgehead atoms. The number of anilines is 1. The maximum Gasteiger partial charge on any atom is 0.346 e. The number of hydrogen-bond donors (Lipinski definition) is 1. The van der Waals surface area contributed by atoms with Gasteiger partial charge in [0.15, 0.2) is 0 Å². The number of carbonyl (C=O) groups is 1. The summed E-state index contributed by atoms with van der Waals surface area (Å²) in [5, 5.41) is 8.94. The van der Waals surface area contributed by atoms with Crippen molar-refractivity contribution in [1.82, 2.24) is 0 Å². The summed E-state index contributed by atoms with van der Waals surface area (Å²) >= 11 is 0. The monoisotopic (exact) mass is 205 g/mol. The van der Waals surface area contributed by atoms with E-state index in [1.807, 2.05) is 12.1 Å². The van der Waals surface area contributed by atoms with Crippen molar-refractivity contribution in [2.45, 2.75) is 12.5 Å². The maximum absolute atomic E-state index is 10.9. The Hall–Kier alpha value is -1.71. The summed E-state index contributed by atoms with van der Waals surface area (Å²) in [7, 11) is 0. The van der Waals surface area contributed by atoms with Crippen molar-refractivity contribution in [1.29, 1.82) is 0 Å². The number of hydrogen-bond acceptors (Lipinski definition) is 3. The van der Waals surface area contributed by atoms with E-state index in [2.05, 4.69) is 11.0 Å². The first kappa shape index (κ1) is 8.59. The summed E-state index contributed by atoms with van der Waals surface area (Å²) in [4.78, 5) is 13.0. The van der Waals surface area contributed by atoms with Crippen molar-refractivity contribution in [3.8, 4) is 5.75 Å². The molecule has 1 unspecified atom stereocenters. The van der Waals surface area contributed by atoms with E-state index in [4.69, 9.17) is 9.84 Å². The van der Waals surface area contributed by atoms with E-state index in [0.717, 1.165) is 18.7 Å². The van der Waals surface area contributed by atoms with E-state index < -0.39 is 12.1 Å². The van der Waals surface area contributed by atoms with Gasteiger partial charge in [-0.3, -0.25) is 0 Å². The lowest BCUT2D eigenvalue weighted by Gasteiger charge is -2.31. The Bertz CT molecular complexity index is 430. The van der Waals surface area contributed by atoms with Gasteiger partial charge < -0.3 is 14.7 Å². The fourth-order valence-corrected chi connectivity index (χ4v) is 2.29. The van der Waals surface area contributed by atoms with Crippen molar-refractivity contribution in [3.63, 3.8) is 0 Å². The van der Waals surface area contributed by atoms with Gasteiger partial charge in [-0.2, -0.15) is 0 Å². The molecule has 0 amide bonds. The molecule has 78 valence electrons. The lowest BCUT2D eigenvalue weighted by atomic mass is 10.1. The number of ether oxygens (including phenoxy) is 1. The van der Waals surface area contributed by atoms with Crippen LogP contribution in [-0.4, -0.2) is 30.3 Å². The molecule has 2 aliphatic rings. The third-order valence-electron chi connectivity index (χ3n) is 2.98. The van der Waals surface area contributed by atoms with E-state index in [1.54, 1.807) is 0 Å². The fraction of sp³-hybridized carbons (Fsp3) is 0.364. The molecule has 2 heterocycles. The molecular weight excluding hydrogens is 194 g/mol. The minimum atomic E-state index is -0.891. The molecule has 1 aromatic rings. The van der Waals surface area contributed by atoms with Crippen LogP contribution in [0.3, 0.4) is 0 Å². The van der Waals surface area contributed by atoms with Gasteiger partial charge in [-0.05, 0) is 18.1 Å². The van der Waals surface area contributed by atoms with Crippen LogP contribution in [0.15, 0.2) is 18.2 Å². The van der Waals surface area contributed by atoms with Gasteiger partial charge in [-0.25, -0.2) is 4.79 Å². The summed E-state index contributed by atoms with van der Waals surface area (Å²) in [5.41, 5.74) is 2.35. The van der Waals surface area contributed by atoms with Crippen molar-refractivity contribution in [3.05, 3.63) is 23.8 Å². The second kappa shape index (κ2) is 2.89. The van der Waals surface area contributed by atoms with Gasteiger partial charge in [0, 0.05) is 6.54 Å². The summed E-state index contributed by atoms with van der Waals surface area (Å²) in [5.74, 6) is -0.179. The molecule has 3 rings (SSSR count). The lowest BCUT2D eigenvalue weighted by molar-refractivity contribution is -0.144. The predicted octanol–water partition coefficient (Wildman–Crippen LogP) is 0.895. The van der Waals surface area contributed by atoms with Crippen molar-refractivity contribution in [2.24, 2.45) is 0 Å². The van der Waals surface area contributed by atoms with Crippen LogP contribution in [0.25, 0.3) is 0 Å². The van der Waals surface area contributed by atoms with Crippen LogP contribution in [0.2, 0.25) is 0 Å². The van der Waals surface area contributed by atoms with Gasteiger partial charge >= 0.3 is 5.97 Å². The van der Waals surface area contributed by atoms with Crippen LogP contribution in [0, 0.1) is 0 Å². The Morgan fingerprint density at radius 1 is 1.53 bits per heavy atom. The highest BCUT2D eigenvalue weighted by Gasteiger charge is 2.34. The van der Waals surface area contributed by atoms with Crippen LogP contribution < -0.4 is 9.64 Å². The highest BCUT2D eigenvalue weighted by atomic mass is 16.5. The van der Waals surface area contributed by atoms with Gasteiger partial charge in [0.1, 0.15) is 5.75 Å². The zero-order chi connectivity index (χ0) is 10.4. The molecule has 0 saturated carbocycles. The number of benzene rings is 1. The average molecular weight is 205 g/mol. The molecule has 0 fully saturated rings. The molecule has 0 saturated heterocycles. The van der Waals surface area contributed by atoms with Crippen LogP contribution in [0.4, 0.5) is 5.69 Å². The normalized spacial score (nSPS) is 22.1. The van der Waals surface area contributed by atoms with E-state index in [1.165, 1.54) is 5.56 Å². The molecule has 4 nitrogen and oxygen atoms in total. The third kappa shape index (κ3) is 1.17. The Kier molecular flexibility index (Phi) is 1.65. The fourth-order valence-electron chi connectivity index (χ4n) is 2.29. The summed E-state index contributed by atoms with van der Waals surface area (Å²) < 4.78 is 5.44. The van der Waals surface area contributed by atoms with Gasteiger partial charge in [-0.15, -0.1) is 0 Å². The molecule has 15 heavy (non-hydrogen) atoms. The maximum atomic E-state index is 10.9. The number of aliphatic carboxylic acids is 1. The minimum absolute atomic E-state index is 0.458. The Morgan fingerprint density at radius 3 is 3.20 bits per heavy atom. The van der Waals surface area contributed by atoms with Gasteiger partial charge in [0.25, 0.3) is 0 Å². The Morgan fingerprint density at radius 2 is 2.40 bits per heavy atom. The smallest absolute Gasteiger partial charge is 0.346 e. The predicted molar refractivity (Wildman–Crippen MR) is 54.4 cm³/mol. The van der Waals surface area contributed by atoms with Gasteiger partial charge in [0.05, 0.1) is 12.2 Å². The summed E-state index contributed by atoms with van der Waals surface area (Å²) in [6, 6.07) is 5.83. The number of nitrogens with zero attached hydrogens (tertiary/aromatic N) is 1. The second-order valence-corrected chi connectivity index (χ2v) is 3.90. The van der Waals surface area contributed by atoms with Gasteiger partial charge in [-0.1, -0.05) is 12.1 Å². The SMILES string of the molecule is O=C(O)C1CN2CCc3cccc(c32)O1. The molecule has 1 N–H and O–H groups in total. The quantitative estimate of drug-likeness (QED) is 0.739. The van der Waals surface area contributed by atoms with Crippen LogP contribution in [0.1, 0.15) is 5.56 Å². The van der Waals surface area contributed by atoms with Crippen LogP contribution >= 0.6 is 0 Å². The van der Waals surface area contributed by atoms with Crippen molar-refractivity contribution >= 4 is 11.7 Å². The van der Waals surface area contributed by atoms with E-state index in [0.29, 0.717) is 12.3 Å². The van der Waals surface area contributed by atoms with E-state index in [9.17, 15) is 4.79 Å². The van der Waals surface area contributed by atoms with Crippen molar-refractivity contribution < 1.29 is 14.6 Å². The molecule has 1 aromatic carbocycles. The molecule has 0 aliphatic carbocycles. The number of rotatable bonds is 1. The van der Waals surface area contributed by atoms with Crippen LogP contribution in [0.5, 0.6) is 5.75 Å². The Labute approximate surface area is 87.1 Å². The molecular formula is C11H11NO3. The molecule has 4 heteroatoms. The highest BCUT2D eigenvalue weighted by molar-refractivity contribution is 5.78. The molecule has 2 aliphatic heterocycles. The zero-order valence-corrected chi connectivity index (χ0v) is 8.14. The average Bonchev–Trinajstić information content (AvgIpc) is 2.64. The van der Waals surface area contributed by atoms with E-state index >= 15 is 0 Å². The first-order chi connectivity index (χ1) is 7.25. The zero-order valence-electron chi connectivity index (χ0n) is 8.14. The van der Waals surface area contributed by atoms with Crippen molar-refractivity contribution in [2.75, 3.05) is 18.0 Å². The first-order valence-electron chi connectivity index (χ1n) is 5.02. The Balaban J connectivity index is 2.05. The van der Waals surface area contributed by atoms with Gasteiger partial charge in [0.2, 0.25) is 6.10 Å². The topological polar surface area (TPSA) is 49.8 Å². The minimum Gasteiger partial charge on any atom is -0.478 e. The largest absolute Gasteiger partial charge is 0.478 e. The van der Waals surface area contributed by atoms with Crippen LogP contribution in [-0.2, 0) is 11.2 Å². The molecule has 0 spiro atoms. The number of carboxylic acids is 1. The summed E-state index contributed by atoms with van der Waals surface area (Å²) in [6.45, 7) is 1.36. The highest BCUT2D eigenvalue weighted by Crippen LogP contribution is 2.40. The van der Waals surface area contributed by atoms with E-state index in [-0.39, 0.29) is 0 Å². The lowest BCUT2D eigenvalue weighted by Crippen LogP contribution is -2.43. The number of para-hydroxylation sites is 1. The summed E-state index contributed by atoms with van der Waals surface area (Å²) in [6.07, 6.45) is 0.254. The number of carboxylic acid groups (broad SMARTS) is 1.